The van der Waals surface area contributed by atoms with Crippen molar-refractivity contribution >= 4 is 12.1 Å². The first kappa shape index (κ1) is 22.5. The standard InChI is InChI=1S/C25H31FN2O6/c26-17-10-4-3-9-16(17)15-27-28-22(29)20-18-19(32-24(31-18)11-5-1-6-12-24)21-23(30-20)34-25(33-21)13-7-2-8-14-25/h3-4,9-10,15,18-21,23H,1-2,5-8,11-14H2,(H,28,29)/b27-15+/t18-,19+,20?,21-,23-/m1/s1. The number of halogens is 1. The zero-order chi connectivity index (χ0) is 23.2. The van der Waals surface area contributed by atoms with Crippen LogP contribution in [0, 0.1) is 5.82 Å². The van der Waals surface area contributed by atoms with Gasteiger partial charge >= 0.3 is 0 Å². The molecule has 5 aliphatic rings. The van der Waals surface area contributed by atoms with Crippen molar-refractivity contribution in [1.29, 1.82) is 0 Å². The van der Waals surface area contributed by atoms with Gasteiger partial charge in [0.2, 0.25) is 0 Å². The number of benzene rings is 1. The number of carbonyl (C=O) groups is 1. The molecule has 0 aromatic heterocycles. The molecule has 1 aromatic carbocycles. The minimum Gasteiger partial charge on any atom is -0.341 e. The summed E-state index contributed by atoms with van der Waals surface area (Å²) in [5, 5.41) is 3.95. The van der Waals surface area contributed by atoms with Crippen LogP contribution in [0.4, 0.5) is 4.39 Å². The lowest BCUT2D eigenvalue weighted by Crippen LogP contribution is -2.59. The van der Waals surface area contributed by atoms with E-state index in [4.69, 9.17) is 23.7 Å². The number of ether oxygens (including phenoxy) is 5. The van der Waals surface area contributed by atoms with E-state index in [0.717, 1.165) is 64.2 Å². The Morgan fingerprint density at radius 3 is 2.21 bits per heavy atom. The molecule has 184 valence electrons. The van der Waals surface area contributed by atoms with Gasteiger partial charge in [0.15, 0.2) is 24.0 Å². The van der Waals surface area contributed by atoms with Crippen molar-refractivity contribution < 1.29 is 32.9 Å². The predicted octanol–water partition coefficient (Wildman–Crippen LogP) is 3.52. The van der Waals surface area contributed by atoms with Gasteiger partial charge in [-0.1, -0.05) is 31.0 Å². The SMILES string of the molecule is O=C(N/N=C/c1ccccc1F)C1O[C@@H]2OC3(CCCCC3)O[C@@H]2[C@H]2OC3(CCCCC3)O[C@@H]12. The van der Waals surface area contributed by atoms with Gasteiger partial charge < -0.3 is 23.7 Å². The van der Waals surface area contributed by atoms with Crippen LogP contribution in [0.5, 0.6) is 0 Å². The van der Waals surface area contributed by atoms with Crippen molar-refractivity contribution in [3.63, 3.8) is 0 Å². The summed E-state index contributed by atoms with van der Waals surface area (Å²) >= 11 is 0. The zero-order valence-electron chi connectivity index (χ0n) is 19.1. The van der Waals surface area contributed by atoms with Crippen LogP contribution in [-0.4, -0.2) is 54.4 Å². The number of hydrazone groups is 1. The van der Waals surface area contributed by atoms with E-state index in [1.807, 2.05) is 0 Å². The maximum atomic E-state index is 13.9. The highest BCUT2D eigenvalue weighted by atomic mass is 19.1. The lowest BCUT2D eigenvalue weighted by Gasteiger charge is -2.36. The van der Waals surface area contributed by atoms with E-state index in [2.05, 4.69) is 10.5 Å². The highest BCUT2D eigenvalue weighted by Gasteiger charge is 2.65. The molecule has 2 spiro atoms. The van der Waals surface area contributed by atoms with Gasteiger partial charge in [0.1, 0.15) is 24.1 Å². The number of nitrogens with zero attached hydrogens (tertiary/aromatic N) is 1. The summed E-state index contributed by atoms with van der Waals surface area (Å²) in [6.07, 6.45) is 7.59. The molecule has 3 heterocycles. The molecule has 3 saturated heterocycles. The minimum absolute atomic E-state index is 0.277. The van der Waals surface area contributed by atoms with E-state index in [1.54, 1.807) is 18.2 Å². The fourth-order valence-electron chi connectivity index (χ4n) is 5.98. The Morgan fingerprint density at radius 1 is 0.882 bits per heavy atom. The number of amides is 1. The van der Waals surface area contributed by atoms with Crippen LogP contribution in [-0.2, 0) is 28.5 Å². The minimum atomic E-state index is -0.979. The number of hydrogen-bond donors (Lipinski definition) is 1. The Balaban J connectivity index is 1.22. The Morgan fingerprint density at radius 2 is 1.50 bits per heavy atom. The van der Waals surface area contributed by atoms with E-state index in [9.17, 15) is 9.18 Å². The van der Waals surface area contributed by atoms with Crippen LogP contribution in [0.15, 0.2) is 29.4 Å². The Bertz CT molecular complexity index is 945. The molecule has 8 nitrogen and oxygen atoms in total. The molecule has 1 amide bonds. The largest absolute Gasteiger partial charge is 0.341 e. The number of carbonyl (C=O) groups excluding carboxylic acids is 1. The molecular weight excluding hydrogens is 443 g/mol. The van der Waals surface area contributed by atoms with Crippen LogP contribution in [0.1, 0.15) is 69.8 Å². The van der Waals surface area contributed by atoms with Crippen LogP contribution in [0.2, 0.25) is 0 Å². The van der Waals surface area contributed by atoms with Crippen molar-refractivity contribution in [1.82, 2.24) is 5.43 Å². The van der Waals surface area contributed by atoms with Crippen molar-refractivity contribution in [2.24, 2.45) is 5.10 Å². The monoisotopic (exact) mass is 474 g/mol. The van der Waals surface area contributed by atoms with Gasteiger partial charge in [-0.15, -0.1) is 0 Å². The Hall–Kier alpha value is -1.91. The number of hydrogen-bond acceptors (Lipinski definition) is 7. The molecule has 2 saturated carbocycles. The van der Waals surface area contributed by atoms with Crippen LogP contribution in [0.25, 0.3) is 0 Å². The summed E-state index contributed by atoms with van der Waals surface area (Å²) < 4.78 is 45.8. The number of nitrogens with one attached hydrogen (secondary N) is 1. The van der Waals surface area contributed by atoms with Crippen LogP contribution in [0.3, 0.4) is 0 Å². The van der Waals surface area contributed by atoms with Gasteiger partial charge in [0.25, 0.3) is 5.91 Å². The summed E-state index contributed by atoms with van der Waals surface area (Å²) in [4.78, 5) is 13.2. The topological polar surface area (TPSA) is 87.6 Å². The van der Waals surface area contributed by atoms with E-state index in [0.29, 0.717) is 0 Å². The number of rotatable bonds is 3. The lowest BCUT2D eigenvalue weighted by atomic mass is 9.94. The molecule has 9 heteroatoms. The fraction of sp³-hybridized carbons (Fsp3) is 0.680. The van der Waals surface area contributed by atoms with Crippen molar-refractivity contribution in [2.45, 2.75) is 106 Å². The van der Waals surface area contributed by atoms with Crippen molar-refractivity contribution in [2.75, 3.05) is 0 Å². The summed E-state index contributed by atoms with van der Waals surface area (Å²) in [5.41, 5.74) is 2.77. The van der Waals surface area contributed by atoms with Gasteiger partial charge in [-0.05, 0) is 31.7 Å². The Kier molecular flexibility index (Phi) is 5.93. The fourth-order valence-corrected chi connectivity index (χ4v) is 5.98. The van der Waals surface area contributed by atoms with E-state index < -0.39 is 54.0 Å². The van der Waals surface area contributed by atoms with E-state index in [1.165, 1.54) is 12.3 Å². The third-order valence-electron chi connectivity index (χ3n) is 7.65. The van der Waals surface area contributed by atoms with Crippen LogP contribution < -0.4 is 5.43 Å². The molecule has 1 aromatic rings. The lowest BCUT2D eigenvalue weighted by molar-refractivity contribution is -0.247. The molecule has 1 unspecified atom stereocenters. The molecule has 0 bridgehead atoms. The highest BCUT2D eigenvalue weighted by molar-refractivity contribution is 5.85. The van der Waals surface area contributed by atoms with Gasteiger partial charge in [-0.2, -0.15) is 5.10 Å². The highest BCUT2D eigenvalue weighted by Crippen LogP contribution is 2.50. The average Bonchev–Trinajstić information content (AvgIpc) is 3.38. The second-order valence-electron chi connectivity index (χ2n) is 9.99. The molecule has 34 heavy (non-hydrogen) atoms. The molecule has 5 atom stereocenters. The van der Waals surface area contributed by atoms with E-state index >= 15 is 0 Å². The third kappa shape index (κ3) is 4.07. The van der Waals surface area contributed by atoms with Crippen molar-refractivity contribution in [3.05, 3.63) is 35.6 Å². The Labute approximate surface area is 198 Å². The molecule has 6 rings (SSSR count). The molecule has 5 fully saturated rings. The van der Waals surface area contributed by atoms with Gasteiger partial charge in [0, 0.05) is 31.2 Å². The number of fused-ring (bicyclic) bond motifs is 3. The second kappa shape index (κ2) is 8.95. The molecule has 0 radical (unpaired) electrons. The maximum absolute atomic E-state index is 13.9. The molecular formula is C25H31FN2O6. The summed E-state index contributed by atoms with van der Waals surface area (Å²) in [5.74, 6) is -2.30. The van der Waals surface area contributed by atoms with Gasteiger partial charge in [-0.3, -0.25) is 4.79 Å². The first-order valence-corrected chi connectivity index (χ1v) is 12.5. The normalized spacial score (nSPS) is 36.0. The smallest absolute Gasteiger partial charge is 0.272 e. The second-order valence-corrected chi connectivity index (χ2v) is 9.99. The molecule has 3 aliphatic heterocycles. The van der Waals surface area contributed by atoms with Crippen LogP contribution >= 0.6 is 0 Å². The molecule has 1 N–H and O–H groups in total. The molecule has 2 aliphatic carbocycles. The first-order valence-electron chi connectivity index (χ1n) is 12.5. The van der Waals surface area contributed by atoms with Crippen molar-refractivity contribution in [3.8, 4) is 0 Å². The van der Waals surface area contributed by atoms with Gasteiger partial charge in [0.05, 0.1) is 6.21 Å². The average molecular weight is 475 g/mol. The summed E-state index contributed by atoms with van der Waals surface area (Å²) in [6.45, 7) is 0. The van der Waals surface area contributed by atoms with E-state index in [-0.39, 0.29) is 5.56 Å². The summed E-state index contributed by atoms with van der Waals surface area (Å²) in [7, 11) is 0. The quantitative estimate of drug-likeness (QED) is 0.533. The predicted molar refractivity (Wildman–Crippen MR) is 118 cm³/mol. The summed E-state index contributed by atoms with van der Waals surface area (Å²) in [6, 6.07) is 6.22. The van der Waals surface area contributed by atoms with Gasteiger partial charge in [-0.25, -0.2) is 9.82 Å². The zero-order valence-corrected chi connectivity index (χ0v) is 19.1. The third-order valence-corrected chi connectivity index (χ3v) is 7.65. The first-order chi connectivity index (χ1) is 16.6. The maximum Gasteiger partial charge on any atom is 0.272 e.